The first-order valence-corrected chi connectivity index (χ1v) is 7.35. The molecule has 2 heterocycles. The Bertz CT molecular complexity index is 640. The Labute approximate surface area is 129 Å². The fourth-order valence-corrected chi connectivity index (χ4v) is 2.58. The topological polar surface area (TPSA) is 70.2 Å². The lowest BCUT2D eigenvalue weighted by atomic mass is 10.1. The summed E-state index contributed by atoms with van der Waals surface area (Å²) in [5.41, 5.74) is 1.49. The molecule has 0 bridgehead atoms. The molecule has 2 aromatic rings. The van der Waals surface area contributed by atoms with E-state index < -0.39 is 0 Å². The van der Waals surface area contributed by atoms with Crippen LogP contribution < -0.4 is 10.6 Å². The number of nitrogens with one attached hydrogen (secondary N) is 2. The Morgan fingerprint density at radius 1 is 1.41 bits per heavy atom. The number of rotatable bonds is 4. The summed E-state index contributed by atoms with van der Waals surface area (Å²) in [6.07, 6.45) is 5.89. The van der Waals surface area contributed by atoms with E-state index in [0.717, 1.165) is 25.2 Å². The van der Waals surface area contributed by atoms with Gasteiger partial charge in [-0.25, -0.2) is 4.98 Å². The average Bonchev–Trinajstić information content (AvgIpc) is 3.09. The second kappa shape index (κ2) is 6.53. The van der Waals surface area contributed by atoms with Crippen molar-refractivity contribution < 1.29 is 4.79 Å². The van der Waals surface area contributed by atoms with Gasteiger partial charge in [-0.1, -0.05) is 6.07 Å². The van der Waals surface area contributed by atoms with Crippen LogP contribution in [0.1, 0.15) is 16.8 Å². The molecule has 1 saturated heterocycles. The van der Waals surface area contributed by atoms with Gasteiger partial charge in [0.15, 0.2) is 0 Å². The highest BCUT2D eigenvalue weighted by Gasteiger charge is 2.24. The Kier molecular flexibility index (Phi) is 4.29. The number of hydrogen-bond donors (Lipinski definition) is 2. The smallest absolute Gasteiger partial charge is 0.253 e. The standard InChI is InChI=1S/C16H19N5O/c1-21(14-5-6-17-10-14)16(22)12-3-2-4-13(9-12)20-15-11-18-7-8-19-15/h2-4,7-9,11,14,17H,5-6,10H2,1H3,(H,19,20)/t14-/m1/s1. The Morgan fingerprint density at radius 3 is 3.05 bits per heavy atom. The molecular formula is C16H19N5O. The van der Waals surface area contributed by atoms with Gasteiger partial charge in [-0.2, -0.15) is 0 Å². The minimum absolute atomic E-state index is 0.0384. The number of nitrogens with zero attached hydrogens (tertiary/aromatic N) is 3. The van der Waals surface area contributed by atoms with E-state index in [4.69, 9.17) is 0 Å². The lowest BCUT2D eigenvalue weighted by Crippen LogP contribution is -2.38. The van der Waals surface area contributed by atoms with E-state index in [9.17, 15) is 4.79 Å². The molecule has 1 aliphatic rings. The molecule has 1 aromatic heterocycles. The maximum absolute atomic E-state index is 12.6. The van der Waals surface area contributed by atoms with Crippen LogP contribution in [0.4, 0.5) is 11.5 Å². The molecular weight excluding hydrogens is 278 g/mol. The molecule has 2 N–H and O–H groups in total. The molecule has 1 amide bonds. The van der Waals surface area contributed by atoms with Gasteiger partial charge in [0.05, 0.1) is 6.20 Å². The van der Waals surface area contributed by atoms with Gasteiger partial charge < -0.3 is 15.5 Å². The van der Waals surface area contributed by atoms with Crippen molar-refractivity contribution in [1.29, 1.82) is 0 Å². The Balaban J connectivity index is 1.74. The van der Waals surface area contributed by atoms with Crippen LogP contribution in [0.15, 0.2) is 42.9 Å². The third-order valence-electron chi connectivity index (χ3n) is 3.85. The normalized spacial score (nSPS) is 17.2. The number of benzene rings is 1. The molecule has 0 saturated carbocycles. The van der Waals surface area contributed by atoms with Crippen molar-refractivity contribution in [3.63, 3.8) is 0 Å². The van der Waals surface area contributed by atoms with Crippen LogP contribution in [-0.4, -0.2) is 47.0 Å². The van der Waals surface area contributed by atoms with Crippen LogP contribution in [0.25, 0.3) is 0 Å². The fraction of sp³-hybridized carbons (Fsp3) is 0.312. The molecule has 0 radical (unpaired) electrons. The summed E-state index contributed by atoms with van der Waals surface area (Å²) in [4.78, 5) is 22.6. The molecule has 6 nitrogen and oxygen atoms in total. The molecule has 0 unspecified atom stereocenters. The lowest BCUT2D eigenvalue weighted by molar-refractivity contribution is 0.0744. The highest BCUT2D eigenvalue weighted by Crippen LogP contribution is 2.18. The van der Waals surface area contributed by atoms with Gasteiger partial charge in [-0.05, 0) is 31.2 Å². The van der Waals surface area contributed by atoms with E-state index in [0.29, 0.717) is 11.4 Å². The van der Waals surface area contributed by atoms with Crippen LogP contribution in [0, 0.1) is 0 Å². The third kappa shape index (κ3) is 3.23. The molecule has 1 fully saturated rings. The lowest BCUT2D eigenvalue weighted by Gasteiger charge is -2.24. The van der Waals surface area contributed by atoms with Gasteiger partial charge in [0.25, 0.3) is 5.91 Å². The number of amides is 1. The first-order chi connectivity index (χ1) is 10.7. The SMILES string of the molecule is CN(C(=O)c1cccc(Nc2cnccn2)c1)[C@@H]1CCNC1. The molecule has 0 spiro atoms. The summed E-state index contributed by atoms with van der Waals surface area (Å²) in [5, 5.41) is 6.43. The fourth-order valence-electron chi connectivity index (χ4n) is 2.58. The van der Waals surface area contributed by atoms with Gasteiger partial charge in [-0.3, -0.25) is 9.78 Å². The van der Waals surface area contributed by atoms with Crippen LogP contribution in [0.2, 0.25) is 0 Å². The maximum Gasteiger partial charge on any atom is 0.253 e. The molecule has 1 aromatic carbocycles. The van der Waals surface area contributed by atoms with Gasteiger partial charge >= 0.3 is 0 Å². The number of carbonyl (C=O) groups excluding carboxylic acids is 1. The van der Waals surface area contributed by atoms with Gasteiger partial charge in [-0.15, -0.1) is 0 Å². The number of anilines is 2. The monoisotopic (exact) mass is 297 g/mol. The largest absolute Gasteiger partial charge is 0.339 e. The Morgan fingerprint density at radius 2 is 2.32 bits per heavy atom. The second-order valence-corrected chi connectivity index (χ2v) is 5.36. The van der Waals surface area contributed by atoms with E-state index in [2.05, 4.69) is 20.6 Å². The van der Waals surface area contributed by atoms with Crippen LogP contribution >= 0.6 is 0 Å². The van der Waals surface area contributed by atoms with Crippen molar-refractivity contribution in [2.75, 3.05) is 25.5 Å². The third-order valence-corrected chi connectivity index (χ3v) is 3.85. The maximum atomic E-state index is 12.6. The highest BCUT2D eigenvalue weighted by molar-refractivity contribution is 5.95. The van der Waals surface area contributed by atoms with Gasteiger partial charge in [0.2, 0.25) is 0 Å². The van der Waals surface area contributed by atoms with E-state index in [-0.39, 0.29) is 11.9 Å². The van der Waals surface area contributed by atoms with Crippen LogP contribution in [-0.2, 0) is 0 Å². The summed E-state index contributed by atoms with van der Waals surface area (Å²) < 4.78 is 0. The minimum Gasteiger partial charge on any atom is -0.339 e. The number of carbonyl (C=O) groups is 1. The summed E-state index contributed by atoms with van der Waals surface area (Å²) in [5.74, 6) is 0.692. The van der Waals surface area contributed by atoms with Crippen molar-refractivity contribution in [2.24, 2.45) is 0 Å². The molecule has 22 heavy (non-hydrogen) atoms. The quantitative estimate of drug-likeness (QED) is 0.898. The average molecular weight is 297 g/mol. The van der Waals surface area contributed by atoms with E-state index in [1.165, 1.54) is 0 Å². The van der Waals surface area contributed by atoms with E-state index in [1.54, 1.807) is 18.6 Å². The second-order valence-electron chi connectivity index (χ2n) is 5.36. The van der Waals surface area contributed by atoms with Gasteiger partial charge in [0, 0.05) is 43.3 Å². The number of hydrogen-bond acceptors (Lipinski definition) is 5. The zero-order chi connectivity index (χ0) is 15.4. The summed E-state index contributed by atoms with van der Waals surface area (Å²) >= 11 is 0. The predicted molar refractivity (Wildman–Crippen MR) is 85.1 cm³/mol. The predicted octanol–water partition coefficient (Wildman–Crippen LogP) is 1.65. The first kappa shape index (κ1) is 14.5. The van der Waals surface area contributed by atoms with Crippen LogP contribution in [0.3, 0.4) is 0 Å². The minimum atomic E-state index is 0.0384. The summed E-state index contributed by atoms with van der Waals surface area (Å²) in [6, 6.07) is 7.72. The molecule has 1 atom stereocenters. The van der Waals surface area contributed by atoms with Crippen molar-refractivity contribution >= 4 is 17.4 Å². The van der Waals surface area contributed by atoms with Crippen molar-refractivity contribution in [3.05, 3.63) is 48.4 Å². The van der Waals surface area contributed by atoms with Gasteiger partial charge in [0.1, 0.15) is 5.82 Å². The highest BCUT2D eigenvalue weighted by atomic mass is 16.2. The molecule has 6 heteroatoms. The molecule has 0 aliphatic carbocycles. The zero-order valence-electron chi connectivity index (χ0n) is 12.5. The number of likely N-dealkylation sites (N-methyl/N-ethyl adjacent to an activating group) is 1. The molecule has 3 rings (SSSR count). The molecule has 1 aliphatic heterocycles. The van der Waals surface area contributed by atoms with Crippen LogP contribution in [0.5, 0.6) is 0 Å². The number of aromatic nitrogens is 2. The zero-order valence-corrected chi connectivity index (χ0v) is 12.5. The van der Waals surface area contributed by atoms with Crippen molar-refractivity contribution in [2.45, 2.75) is 12.5 Å². The van der Waals surface area contributed by atoms with Crippen molar-refractivity contribution in [1.82, 2.24) is 20.2 Å². The summed E-state index contributed by atoms with van der Waals surface area (Å²) in [6.45, 7) is 1.83. The summed E-state index contributed by atoms with van der Waals surface area (Å²) in [7, 11) is 1.86. The van der Waals surface area contributed by atoms with E-state index in [1.807, 2.05) is 36.2 Å². The Hall–Kier alpha value is -2.47. The first-order valence-electron chi connectivity index (χ1n) is 7.35. The van der Waals surface area contributed by atoms with Crippen molar-refractivity contribution in [3.8, 4) is 0 Å². The van der Waals surface area contributed by atoms with E-state index >= 15 is 0 Å². The molecule has 114 valence electrons.